The van der Waals surface area contributed by atoms with E-state index >= 15 is 0 Å². The molecule has 1 aliphatic heterocycles. The van der Waals surface area contributed by atoms with Gasteiger partial charge in [0.25, 0.3) is 5.91 Å². The number of allylic oxidation sites excluding steroid dienone is 4. The minimum atomic E-state index is -3.96. The molecule has 0 spiro atoms. The van der Waals surface area contributed by atoms with Crippen LogP contribution in [0.4, 0.5) is 11.4 Å². The fraction of sp³-hybridized carbons (Fsp3) is 0.661. The first-order valence-corrected chi connectivity index (χ1v) is 34.2. The van der Waals surface area contributed by atoms with Crippen LogP contribution in [-0.4, -0.2) is 208 Å². The van der Waals surface area contributed by atoms with Gasteiger partial charge in [-0.05, 0) is 71.1 Å². The second-order valence-corrected chi connectivity index (χ2v) is 23.2. The van der Waals surface area contributed by atoms with E-state index in [9.17, 15) is 31.2 Å². The largest absolute Gasteiger partial charge is 0.501 e. The average molecular weight is 1280 g/mol. The standard InChI is InChI=1S/C28H44N6O6S.C28H48N6O6S.3C2H6/c1-9-23(39-8)18-22(28-29-26(36)19-25-27(30-28)24(10-2)31-32(25)7)17-20(5)41(37,38)34(12-4)14-13-33(11-3)15-16-40-21(6)35;1-7-11-24-26(29-5)27(32(6)31-24)28(36)30-21-22-20-23(12-13-25(22)40-10-4)41(37,38)34(9-3)15-14-33(8-2)16-18-39-19-17-35;3*1-2/h9,17H,5,10-16,18-19H2,1-4,6-8H3,(H,29,30,36);13,20,23,35H,5,7-12,14-19,21H2,1-4,6H3,(H,30,36);3*1-2H3/b22-17+,23-9+;;;;. The summed E-state index contributed by atoms with van der Waals surface area (Å²) in [6.45, 7) is 42.3. The van der Waals surface area contributed by atoms with Crippen LogP contribution in [0, 0.1) is 0 Å². The lowest BCUT2D eigenvalue weighted by Gasteiger charge is -2.30. The van der Waals surface area contributed by atoms with Crippen LogP contribution in [0.5, 0.6) is 0 Å². The number of aliphatic imine (C=N–C) groups is 2. The normalized spacial score (nSPS) is 14.2. The first-order valence-electron chi connectivity index (χ1n) is 31.2. The number of amidine groups is 1. The van der Waals surface area contributed by atoms with Crippen LogP contribution in [0.25, 0.3) is 0 Å². The third-order valence-corrected chi connectivity index (χ3v) is 17.9. The van der Waals surface area contributed by atoms with Crippen LogP contribution in [-0.2, 0) is 81.9 Å². The lowest BCUT2D eigenvalue weighted by atomic mass is 10.0. The maximum atomic E-state index is 13.7. The molecule has 0 aromatic carbocycles. The van der Waals surface area contributed by atoms with Gasteiger partial charge < -0.3 is 39.6 Å². The van der Waals surface area contributed by atoms with E-state index in [-0.39, 0.29) is 87.2 Å². The summed E-state index contributed by atoms with van der Waals surface area (Å²) < 4.78 is 82.4. The first kappa shape index (κ1) is 82.1. The highest BCUT2D eigenvalue weighted by Gasteiger charge is 2.34. The molecule has 2 amide bonds. The molecule has 502 valence electrons. The van der Waals surface area contributed by atoms with Crippen molar-refractivity contribution in [1.29, 1.82) is 0 Å². The number of hydrogen-bond acceptors (Lipinski definition) is 18. The molecule has 2 aliphatic rings. The van der Waals surface area contributed by atoms with Crippen LogP contribution in [0.2, 0.25) is 0 Å². The molecule has 4 rings (SSSR count). The zero-order chi connectivity index (χ0) is 67.2. The van der Waals surface area contributed by atoms with Gasteiger partial charge in [0.1, 0.15) is 29.6 Å². The molecule has 26 heteroatoms. The van der Waals surface area contributed by atoms with E-state index in [0.717, 1.165) is 18.7 Å². The van der Waals surface area contributed by atoms with Gasteiger partial charge in [-0.15, -0.1) is 0 Å². The van der Waals surface area contributed by atoms with Crippen LogP contribution in [0.1, 0.15) is 151 Å². The number of amides is 2. The molecule has 1 atom stereocenters. The van der Waals surface area contributed by atoms with Crippen molar-refractivity contribution in [3.63, 3.8) is 0 Å². The third-order valence-electron chi connectivity index (χ3n) is 13.7. The fourth-order valence-electron chi connectivity index (χ4n) is 9.10. The zero-order valence-corrected chi connectivity index (χ0v) is 58.2. The molecule has 0 bridgehead atoms. The van der Waals surface area contributed by atoms with Crippen LogP contribution in [0.15, 0.2) is 68.4 Å². The number of sulfonamides is 2. The summed E-state index contributed by atoms with van der Waals surface area (Å²) in [6, 6.07) is 0. The van der Waals surface area contributed by atoms with E-state index in [2.05, 4.69) is 44.0 Å². The van der Waals surface area contributed by atoms with Gasteiger partial charge in [0, 0.05) is 97.5 Å². The lowest BCUT2D eigenvalue weighted by molar-refractivity contribution is -0.141. The van der Waals surface area contributed by atoms with Gasteiger partial charge in [0.15, 0.2) is 5.69 Å². The number of aliphatic hydroxyl groups excluding tert-OH is 1. The number of esters is 1. The second-order valence-electron chi connectivity index (χ2n) is 19.1. The molecule has 1 aliphatic carbocycles. The molecule has 88 heavy (non-hydrogen) atoms. The number of carbonyl (C=O) groups is 3. The Kier molecular flexibility index (Phi) is 41.6. The Morgan fingerprint density at radius 1 is 0.864 bits per heavy atom. The van der Waals surface area contributed by atoms with Crippen molar-refractivity contribution in [2.24, 2.45) is 24.1 Å². The maximum absolute atomic E-state index is 13.7. The predicted octanol–water partition coefficient (Wildman–Crippen LogP) is 7.72. The van der Waals surface area contributed by atoms with Gasteiger partial charge >= 0.3 is 5.97 Å². The van der Waals surface area contributed by atoms with Gasteiger partial charge in [-0.3, -0.25) is 33.6 Å². The SMILES string of the molecule is C=C(/C=C(\C/C(=C\C)OC)C1=Nc2c(CC)nn(C)c2CC(=O)N1)S(=O)(=O)N(CC)CCN(CC)CCOC(C)=O.C=Nc1c(CCC)nn(C)c1C(=O)NCC1=CC(S(=O)(=O)N(CC)CCN(CC)CCOCCO)CC=C1OCC.CC.CC.CC. The molecule has 2 aromatic rings. The summed E-state index contributed by atoms with van der Waals surface area (Å²) >= 11 is 0. The van der Waals surface area contributed by atoms with Crippen molar-refractivity contribution in [2.45, 2.75) is 148 Å². The minimum absolute atomic E-state index is 0.0235. The fourth-order valence-corrected chi connectivity index (χ4v) is 12.1. The number of aryl methyl sites for hydroxylation is 4. The van der Waals surface area contributed by atoms with Crippen molar-refractivity contribution in [3.05, 3.63) is 81.2 Å². The van der Waals surface area contributed by atoms with Crippen molar-refractivity contribution < 1.29 is 55.3 Å². The lowest BCUT2D eigenvalue weighted by Crippen LogP contribution is -2.43. The van der Waals surface area contributed by atoms with Gasteiger partial charge in [-0.2, -0.15) is 14.5 Å². The van der Waals surface area contributed by atoms with Crippen molar-refractivity contribution in [3.8, 4) is 0 Å². The topological polar surface area (TPSA) is 274 Å². The summed E-state index contributed by atoms with van der Waals surface area (Å²) in [5.41, 5.74) is 4.56. The van der Waals surface area contributed by atoms with E-state index in [1.165, 1.54) is 33.4 Å². The highest BCUT2D eigenvalue weighted by Crippen LogP contribution is 2.31. The summed E-state index contributed by atoms with van der Waals surface area (Å²) in [4.78, 5) is 50.0. The van der Waals surface area contributed by atoms with Crippen molar-refractivity contribution in [1.82, 2.24) is 48.6 Å². The molecule has 0 radical (unpaired) electrons. The Balaban J connectivity index is 0.00000159. The number of carbonyl (C=O) groups excluding carboxylic acids is 3. The van der Waals surface area contributed by atoms with Gasteiger partial charge in [-0.1, -0.05) is 102 Å². The molecule has 0 saturated heterocycles. The Morgan fingerprint density at radius 2 is 1.47 bits per heavy atom. The first-order chi connectivity index (χ1) is 42.1. The Hall–Kier alpha value is -5.87. The molecule has 3 heterocycles. The molecule has 0 fully saturated rings. The molecule has 3 N–H and O–H groups in total. The molecule has 0 saturated carbocycles. The summed E-state index contributed by atoms with van der Waals surface area (Å²) in [5.74, 6) is 0.367. The number of fused-ring (bicyclic) bond motifs is 1. The average Bonchev–Trinajstić information content (AvgIpc) is 3.31. The highest BCUT2D eigenvalue weighted by atomic mass is 32.2. The number of nitrogens with one attached hydrogen (secondary N) is 2. The maximum Gasteiger partial charge on any atom is 0.302 e. The molecule has 24 nitrogen and oxygen atoms in total. The Labute approximate surface area is 528 Å². The number of aromatic nitrogens is 4. The summed E-state index contributed by atoms with van der Waals surface area (Å²) in [7, 11) is -2.64. The monoisotopic (exact) mass is 1280 g/mol. The van der Waals surface area contributed by atoms with Crippen molar-refractivity contribution >= 4 is 61.8 Å². The second kappa shape index (κ2) is 44.6. The minimum Gasteiger partial charge on any atom is -0.501 e. The third kappa shape index (κ3) is 25.6. The number of ether oxygens (including phenoxy) is 4. The molecule has 2 aromatic heterocycles. The number of nitrogens with zero attached hydrogens (tertiary/aromatic N) is 10. The number of rotatable bonds is 36. The molecular formula is C62H110N12O12S2. The zero-order valence-electron chi connectivity index (χ0n) is 56.6. The summed E-state index contributed by atoms with van der Waals surface area (Å²) in [5, 5.41) is 22.8. The summed E-state index contributed by atoms with van der Waals surface area (Å²) in [6.07, 6.45) is 9.42. The van der Waals surface area contributed by atoms with Gasteiger partial charge in [-0.25, -0.2) is 26.1 Å². The smallest absolute Gasteiger partial charge is 0.302 e. The van der Waals surface area contributed by atoms with Crippen LogP contribution >= 0.6 is 0 Å². The van der Waals surface area contributed by atoms with Crippen LogP contribution in [0.3, 0.4) is 0 Å². The van der Waals surface area contributed by atoms with E-state index in [1.807, 2.05) is 94.9 Å². The Bertz CT molecular complexity index is 2860. The number of aliphatic hydroxyl groups is 1. The van der Waals surface area contributed by atoms with Crippen molar-refractivity contribution in [2.75, 3.05) is 112 Å². The van der Waals surface area contributed by atoms with Gasteiger partial charge in [0.2, 0.25) is 26.0 Å². The number of likely N-dealkylation sites (N-methyl/N-ethyl adjacent to an activating group) is 4. The van der Waals surface area contributed by atoms with Crippen LogP contribution < -0.4 is 10.6 Å². The van der Waals surface area contributed by atoms with E-state index < -0.39 is 25.3 Å². The molecule has 1 unspecified atom stereocenters. The van der Waals surface area contributed by atoms with Gasteiger partial charge in [0.05, 0.1) is 73.0 Å². The Morgan fingerprint density at radius 3 is 1.99 bits per heavy atom. The van der Waals surface area contributed by atoms with E-state index in [0.29, 0.717) is 123 Å². The number of hydrogen-bond donors (Lipinski definition) is 3. The van der Waals surface area contributed by atoms with E-state index in [1.54, 1.807) is 43.9 Å². The predicted molar refractivity (Wildman–Crippen MR) is 354 cm³/mol. The quantitative estimate of drug-likeness (QED) is 0.0194. The number of methoxy groups -OCH3 is 1. The molecular weight excluding hydrogens is 1170 g/mol. The highest BCUT2D eigenvalue weighted by molar-refractivity contribution is 7.93. The van der Waals surface area contributed by atoms with E-state index in [4.69, 9.17) is 29.0 Å².